The zero-order valence-corrected chi connectivity index (χ0v) is 18.5. The molecule has 4 aromatic rings. The fourth-order valence-corrected chi connectivity index (χ4v) is 3.48. The van der Waals surface area contributed by atoms with Crippen LogP contribution in [0.2, 0.25) is 0 Å². The number of amides is 1. The predicted octanol–water partition coefficient (Wildman–Crippen LogP) is 3.72. The third kappa shape index (κ3) is 5.12. The van der Waals surface area contributed by atoms with E-state index in [-0.39, 0.29) is 12.1 Å². The predicted molar refractivity (Wildman–Crippen MR) is 128 cm³/mol. The van der Waals surface area contributed by atoms with Gasteiger partial charge in [0.2, 0.25) is 6.10 Å². The molecule has 0 spiro atoms. The van der Waals surface area contributed by atoms with Gasteiger partial charge in [-0.25, -0.2) is 4.98 Å². The van der Waals surface area contributed by atoms with Crippen LogP contribution in [0.25, 0.3) is 10.9 Å². The standard InChI is InChI=1S/C26H23N3O5/c1-2-33-22-15-9-8-14-21(22)28-25(31)24(18-10-4-3-5-11-18)34-23(30)16-29-17-27-20-13-7-6-12-19(20)26(29)32/h3-15,17,24H,2,16H2,1H3,(H,28,31). The van der Waals surface area contributed by atoms with Crippen molar-refractivity contribution < 1.29 is 19.1 Å². The smallest absolute Gasteiger partial charge is 0.327 e. The summed E-state index contributed by atoms with van der Waals surface area (Å²) in [7, 11) is 0. The monoisotopic (exact) mass is 457 g/mol. The van der Waals surface area contributed by atoms with Crippen molar-refractivity contribution in [1.82, 2.24) is 9.55 Å². The minimum Gasteiger partial charge on any atom is -0.492 e. The number of para-hydroxylation sites is 3. The van der Waals surface area contributed by atoms with Gasteiger partial charge in [0, 0.05) is 5.56 Å². The lowest BCUT2D eigenvalue weighted by Crippen LogP contribution is -2.30. The third-order valence-corrected chi connectivity index (χ3v) is 5.07. The van der Waals surface area contributed by atoms with Crippen LogP contribution in [0.15, 0.2) is 90.0 Å². The molecule has 0 fully saturated rings. The van der Waals surface area contributed by atoms with Crippen molar-refractivity contribution in [2.24, 2.45) is 0 Å². The van der Waals surface area contributed by atoms with Gasteiger partial charge in [-0.2, -0.15) is 0 Å². The topological polar surface area (TPSA) is 99.5 Å². The molecule has 0 aliphatic carbocycles. The summed E-state index contributed by atoms with van der Waals surface area (Å²) in [6.45, 7) is 1.89. The third-order valence-electron chi connectivity index (χ3n) is 5.07. The largest absolute Gasteiger partial charge is 0.492 e. The van der Waals surface area contributed by atoms with Crippen molar-refractivity contribution in [1.29, 1.82) is 0 Å². The molecule has 8 nitrogen and oxygen atoms in total. The van der Waals surface area contributed by atoms with Crippen LogP contribution < -0.4 is 15.6 Å². The molecule has 3 aromatic carbocycles. The summed E-state index contributed by atoms with van der Waals surface area (Å²) in [6, 6.07) is 22.5. The molecule has 1 N–H and O–H groups in total. The molecule has 0 saturated carbocycles. The number of hydrogen-bond donors (Lipinski definition) is 1. The maximum atomic E-state index is 13.2. The average Bonchev–Trinajstić information content (AvgIpc) is 2.86. The Balaban J connectivity index is 1.56. The van der Waals surface area contributed by atoms with Crippen LogP contribution in [0.3, 0.4) is 0 Å². The molecule has 0 radical (unpaired) electrons. The zero-order chi connectivity index (χ0) is 23.9. The lowest BCUT2D eigenvalue weighted by Gasteiger charge is -2.19. The molecule has 4 rings (SSSR count). The van der Waals surface area contributed by atoms with E-state index in [0.717, 1.165) is 4.57 Å². The molecule has 0 aliphatic rings. The lowest BCUT2D eigenvalue weighted by molar-refractivity contribution is -0.155. The number of aromatic nitrogens is 2. The van der Waals surface area contributed by atoms with Crippen LogP contribution in [0, 0.1) is 0 Å². The van der Waals surface area contributed by atoms with Gasteiger partial charge in [0.05, 0.1) is 29.5 Å². The van der Waals surface area contributed by atoms with E-state index in [1.807, 2.05) is 6.92 Å². The molecule has 34 heavy (non-hydrogen) atoms. The number of fused-ring (bicyclic) bond motifs is 1. The highest BCUT2D eigenvalue weighted by Gasteiger charge is 2.26. The molecular formula is C26H23N3O5. The van der Waals surface area contributed by atoms with E-state index in [9.17, 15) is 14.4 Å². The number of nitrogens with one attached hydrogen (secondary N) is 1. The highest BCUT2D eigenvalue weighted by Crippen LogP contribution is 2.26. The first-order valence-electron chi connectivity index (χ1n) is 10.8. The number of carbonyl (C=O) groups is 2. The Morgan fingerprint density at radius 1 is 0.971 bits per heavy atom. The van der Waals surface area contributed by atoms with E-state index in [4.69, 9.17) is 9.47 Å². The minimum atomic E-state index is -1.23. The van der Waals surface area contributed by atoms with Crippen molar-refractivity contribution in [3.63, 3.8) is 0 Å². The van der Waals surface area contributed by atoms with Gasteiger partial charge in [-0.05, 0) is 31.2 Å². The molecule has 8 heteroatoms. The van der Waals surface area contributed by atoms with Gasteiger partial charge < -0.3 is 14.8 Å². The quantitative estimate of drug-likeness (QED) is 0.405. The van der Waals surface area contributed by atoms with E-state index in [2.05, 4.69) is 10.3 Å². The number of ether oxygens (including phenoxy) is 2. The number of nitrogens with zero attached hydrogens (tertiary/aromatic N) is 2. The lowest BCUT2D eigenvalue weighted by atomic mass is 10.1. The van der Waals surface area contributed by atoms with Gasteiger partial charge >= 0.3 is 5.97 Å². The second-order valence-corrected chi connectivity index (χ2v) is 7.39. The van der Waals surface area contributed by atoms with E-state index in [1.165, 1.54) is 6.33 Å². The second-order valence-electron chi connectivity index (χ2n) is 7.39. The van der Waals surface area contributed by atoms with E-state index < -0.39 is 18.0 Å². The highest BCUT2D eigenvalue weighted by atomic mass is 16.5. The number of carbonyl (C=O) groups excluding carboxylic acids is 2. The normalized spacial score (nSPS) is 11.6. The summed E-state index contributed by atoms with van der Waals surface area (Å²) in [5.74, 6) is -0.790. The number of hydrogen-bond acceptors (Lipinski definition) is 6. The number of benzene rings is 3. The maximum absolute atomic E-state index is 13.2. The Bertz CT molecular complexity index is 1370. The van der Waals surface area contributed by atoms with Gasteiger partial charge in [0.15, 0.2) is 0 Å². The molecule has 1 aromatic heterocycles. The van der Waals surface area contributed by atoms with Crippen molar-refractivity contribution in [2.75, 3.05) is 11.9 Å². The fraction of sp³-hybridized carbons (Fsp3) is 0.154. The SMILES string of the molecule is CCOc1ccccc1NC(=O)C(OC(=O)Cn1cnc2ccccc2c1=O)c1ccccc1. The van der Waals surface area contributed by atoms with Crippen LogP contribution in [-0.4, -0.2) is 28.0 Å². The van der Waals surface area contributed by atoms with Crippen LogP contribution in [0.1, 0.15) is 18.6 Å². The summed E-state index contributed by atoms with van der Waals surface area (Å²) in [5, 5.41) is 3.17. The first-order chi connectivity index (χ1) is 16.6. The van der Waals surface area contributed by atoms with E-state index in [0.29, 0.717) is 34.5 Å². The van der Waals surface area contributed by atoms with Gasteiger partial charge in [-0.15, -0.1) is 0 Å². The summed E-state index contributed by atoms with van der Waals surface area (Å²) in [6.07, 6.45) is 0.0643. The number of esters is 1. The van der Waals surface area contributed by atoms with Crippen molar-refractivity contribution >= 4 is 28.5 Å². The van der Waals surface area contributed by atoms with Crippen LogP contribution in [0.5, 0.6) is 5.75 Å². The minimum absolute atomic E-state index is 0.367. The number of anilines is 1. The summed E-state index contributed by atoms with van der Waals surface area (Å²) in [5.41, 5.74) is 1.12. The Morgan fingerprint density at radius 3 is 2.47 bits per heavy atom. The molecule has 1 unspecified atom stereocenters. The van der Waals surface area contributed by atoms with Gasteiger partial charge in [0.1, 0.15) is 12.3 Å². The molecular weight excluding hydrogens is 434 g/mol. The molecule has 1 heterocycles. The van der Waals surface area contributed by atoms with Gasteiger partial charge in [0.25, 0.3) is 11.5 Å². The highest BCUT2D eigenvalue weighted by molar-refractivity contribution is 5.97. The zero-order valence-electron chi connectivity index (χ0n) is 18.5. The fourth-order valence-electron chi connectivity index (χ4n) is 3.48. The first kappa shape index (κ1) is 22.7. The average molecular weight is 457 g/mol. The Morgan fingerprint density at radius 2 is 1.68 bits per heavy atom. The summed E-state index contributed by atoms with van der Waals surface area (Å²) >= 11 is 0. The summed E-state index contributed by atoms with van der Waals surface area (Å²) in [4.78, 5) is 42.9. The van der Waals surface area contributed by atoms with Crippen molar-refractivity contribution in [3.8, 4) is 5.75 Å². The molecule has 172 valence electrons. The second kappa shape index (κ2) is 10.4. The van der Waals surface area contributed by atoms with Gasteiger partial charge in [-0.1, -0.05) is 54.6 Å². The molecule has 1 atom stereocenters. The van der Waals surface area contributed by atoms with E-state index >= 15 is 0 Å². The van der Waals surface area contributed by atoms with E-state index in [1.54, 1.807) is 78.9 Å². The first-order valence-corrected chi connectivity index (χ1v) is 10.8. The van der Waals surface area contributed by atoms with Crippen molar-refractivity contribution in [3.05, 3.63) is 101 Å². The molecule has 0 saturated heterocycles. The Hall–Kier alpha value is -4.46. The molecule has 0 bridgehead atoms. The molecule has 1 amide bonds. The van der Waals surface area contributed by atoms with Crippen LogP contribution in [0.4, 0.5) is 5.69 Å². The van der Waals surface area contributed by atoms with Crippen LogP contribution >= 0.6 is 0 Å². The Labute approximate surface area is 195 Å². The van der Waals surface area contributed by atoms with Crippen molar-refractivity contribution in [2.45, 2.75) is 19.6 Å². The van der Waals surface area contributed by atoms with Gasteiger partial charge in [-0.3, -0.25) is 19.0 Å². The summed E-state index contributed by atoms with van der Waals surface area (Å²) < 4.78 is 12.3. The maximum Gasteiger partial charge on any atom is 0.327 e. The Kier molecular flexibility index (Phi) is 6.98. The van der Waals surface area contributed by atoms with Crippen LogP contribution in [-0.2, 0) is 20.9 Å². The number of rotatable bonds is 8. The molecule has 0 aliphatic heterocycles.